The first-order valence-electron chi connectivity index (χ1n) is 8.21. The zero-order valence-electron chi connectivity index (χ0n) is 14.5. The molecule has 0 spiro atoms. The maximum Gasteiger partial charge on any atom is 0.249 e. The minimum atomic E-state index is 0.0703. The third-order valence-electron chi connectivity index (χ3n) is 4.09. The Morgan fingerprint density at radius 3 is 2.65 bits per heavy atom. The van der Waals surface area contributed by atoms with Gasteiger partial charge in [-0.2, -0.15) is 0 Å². The highest BCUT2D eigenvalue weighted by atomic mass is 16.5. The smallest absolute Gasteiger partial charge is 0.249 e. The lowest BCUT2D eigenvalue weighted by atomic mass is 10.0. The number of amides is 1. The fraction of sp³-hybridized carbons (Fsp3) is 0.611. The topological polar surface area (TPSA) is 42.0 Å². The SMILES string of the molecule is COCCOCC(=O)N1CCC[C@@H]1c1ccc(CN(C)C)cc1. The van der Waals surface area contributed by atoms with Gasteiger partial charge in [0.05, 0.1) is 19.3 Å². The molecular weight excluding hydrogens is 292 g/mol. The molecule has 5 nitrogen and oxygen atoms in total. The molecule has 1 aromatic rings. The summed E-state index contributed by atoms with van der Waals surface area (Å²) >= 11 is 0. The van der Waals surface area contributed by atoms with Crippen molar-refractivity contribution in [1.82, 2.24) is 9.80 Å². The molecule has 1 heterocycles. The van der Waals surface area contributed by atoms with Crippen LogP contribution < -0.4 is 0 Å². The monoisotopic (exact) mass is 320 g/mol. The van der Waals surface area contributed by atoms with E-state index in [1.165, 1.54) is 11.1 Å². The molecule has 0 unspecified atom stereocenters. The summed E-state index contributed by atoms with van der Waals surface area (Å²) in [7, 11) is 5.76. The average molecular weight is 320 g/mol. The lowest BCUT2D eigenvalue weighted by Gasteiger charge is -2.25. The van der Waals surface area contributed by atoms with Crippen molar-refractivity contribution >= 4 is 5.91 Å². The first kappa shape index (κ1) is 17.9. The second-order valence-corrected chi connectivity index (χ2v) is 6.27. The number of likely N-dealkylation sites (tertiary alicyclic amines) is 1. The Morgan fingerprint density at radius 1 is 1.26 bits per heavy atom. The second kappa shape index (κ2) is 9.01. The molecule has 1 aromatic carbocycles. The summed E-state index contributed by atoms with van der Waals surface area (Å²) in [5.74, 6) is 0.0703. The van der Waals surface area contributed by atoms with Crippen LogP contribution in [0.2, 0.25) is 0 Å². The van der Waals surface area contributed by atoms with Crippen molar-refractivity contribution in [3.8, 4) is 0 Å². The summed E-state index contributed by atoms with van der Waals surface area (Å²) < 4.78 is 10.3. The normalized spacial score (nSPS) is 17.9. The third-order valence-corrected chi connectivity index (χ3v) is 4.09. The molecular formula is C18H28N2O3. The maximum absolute atomic E-state index is 12.4. The van der Waals surface area contributed by atoms with E-state index in [1.807, 2.05) is 4.90 Å². The Labute approximate surface area is 139 Å². The van der Waals surface area contributed by atoms with Crippen LogP contribution in [0.4, 0.5) is 0 Å². The molecule has 0 saturated carbocycles. The van der Waals surface area contributed by atoms with Gasteiger partial charge in [-0.15, -0.1) is 0 Å². The predicted molar refractivity (Wildman–Crippen MR) is 90.2 cm³/mol. The number of carbonyl (C=O) groups is 1. The lowest BCUT2D eigenvalue weighted by Crippen LogP contribution is -2.33. The molecule has 1 atom stereocenters. The summed E-state index contributed by atoms with van der Waals surface area (Å²) in [4.78, 5) is 16.5. The minimum Gasteiger partial charge on any atom is -0.382 e. The highest BCUT2D eigenvalue weighted by molar-refractivity contribution is 5.78. The fourth-order valence-corrected chi connectivity index (χ4v) is 3.01. The summed E-state index contributed by atoms with van der Waals surface area (Å²) in [5.41, 5.74) is 2.51. The zero-order chi connectivity index (χ0) is 16.7. The van der Waals surface area contributed by atoms with Crippen LogP contribution in [-0.2, 0) is 20.8 Å². The Kier molecular flexibility index (Phi) is 7.02. The number of carbonyl (C=O) groups excluding carboxylic acids is 1. The standard InChI is InChI=1S/C18H28N2O3/c1-19(2)13-15-6-8-16(9-7-15)17-5-4-10-20(17)18(21)14-23-12-11-22-3/h6-9,17H,4-5,10-14H2,1-3H3/t17-/m1/s1. The number of nitrogens with zero attached hydrogens (tertiary/aromatic N) is 2. The van der Waals surface area contributed by atoms with Gasteiger partial charge in [0.2, 0.25) is 5.91 Å². The van der Waals surface area contributed by atoms with Crippen molar-refractivity contribution in [2.45, 2.75) is 25.4 Å². The molecule has 1 saturated heterocycles. The van der Waals surface area contributed by atoms with Gasteiger partial charge in [0.15, 0.2) is 0 Å². The van der Waals surface area contributed by atoms with Gasteiger partial charge in [-0.25, -0.2) is 0 Å². The van der Waals surface area contributed by atoms with Crippen LogP contribution in [0.1, 0.15) is 30.0 Å². The average Bonchev–Trinajstić information content (AvgIpc) is 3.01. The highest BCUT2D eigenvalue weighted by Crippen LogP contribution is 2.32. The van der Waals surface area contributed by atoms with Crippen molar-refractivity contribution in [3.63, 3.8) is 0 Å². The number of ether oxygens (including phenoxy) is 2. The predicted octanol–water partition coefficient (Wildman–Crippen LogP) is 2.07. The van der Waals surface area contributed by atoms with Crippen LogP contribution in [0.3, 0.4) is 0 Å². The molecule has 1 aliphatic heterocycles. The molecule has 2 rings (SSSR count). The molecule has 128 valence electrons. The van der Waals surface area contributed by atoms with E-state index in [0.717, 1.165) is 25.9 Å². The second-order valence-electron chi connectivity index (χ2n) is 6.27. The van der Waals surface area contributed by atoms with Gasteiger partial charge in [0.1, 0.15) is 6.61 Å². The molecule has 0 aliphatic carbocycles. The Hall–Kier alpha value is -1.43. The van der Waals surface area contributed by atoms with Crippen molar-refractivity contribution < 1.29 is 14.3 Å². The first-order chi connectivity index (χ1) is 11.1. The van der Waals surface area contributed by atoms with Gasteiger partial charge < -0.3 is 19.3 Å². The highest BCUT2D eigenvalue weighted by Gasteiger charge is 2.29. The van der Waals surface area contributed by atoms with Crippen LogP contribution in [0.25, 0.3) is 0 Å². The maximum atomic E-state index is 12.4. The molecule has 0 aromatic heterocycles. The van der Waals surface area contributed by atoms with E-state index in [0.29, 0.717) is 13.2 Å². The molecule has 0 radical (unpaired) electrons. The molecule has 5 heteroatoms. The van der Waals surface area contributed by atoms with Gasteiger partial charge in [-0.3, -0.25) is 4.79 Å². The summed E-state index contributed by atoms with van der Waals surface area (Å²) in [6.45, 7) is 2.86. The molecule has 0 N–H and O–H groups in total. The summed E-state index contributed by atoms with van der Waals surface area (Å²) in [6.07, 6.45) is 2.07. The van der Waals surface area contributed by atoms with Crippen molar-refractivity contribution in [1.29, 1.82) is 0 Å². The van der Waals surface area contributed by atoms with Crippen LogP contribution in [0.5, 0.6) is 0 Å². The van der Waals surface area contributed by atoms with Gasteiger partial charge in [-0.05, 0) is 38.1 Å². The van der Waals surface area contributed by atoms with Crippen molar-refractivity contribution in [3.05, 3.63) is 35.4 Å². The summed E-state index contributed by atoms with van der Waals surface area (Å²) in [6, 6.07) is 8.81. The van der Waals surface area contributed by atoms with Crippen LogP contribution in [0.15, 0.2) is 24.3 Å². The third kappa shape index (κ3) is 5.30. The van der Waals surface area contributed by atoms with Gasteiger partial charge in [0, 0.05) is 20.2 Å². The fourth-order valence-electron chi connectivity index (χ4n) is 3.01. The van der Waals surface area contributed by atoms with Crippen molar-refractivity contribution in [2.75, 3.05) is 47.6 Å². The number of methoxy groups -OCH3 is 1. The Bertz CT molecular complexity index is 488. The van der Waals surface area contributed by atoms with Crippen LogP contribution in [0, 0.1) is 0 Å². The number of benzene rings is 1. The largest absolute Gasteiger partial charge is 0.382 e. The van der Waals surface area contributed by atoms with Crippen molar-refractivity contribution in [2.24, 2.45) is 0 Å². The van der Waals surface area contributed by atoms with Gasteiger partial charge >= 0.3 is 0 Å². The van der Waals surface area contributed by atoms with E-state index in [4.69, 9.17) is 9.47 Å². The quantitative estimate of drug-likeness (QED) is 0.688. The zero-order valence-corrected chi connectivity index (χ0v) is 14.5. The van der Waals surface area contributed by atoms with E-state index >= 15 is 0 Å². The van der Waals surface area contributed by atoms with E-state index in [9.17, 15) is 4.79 Å². The number of hydrogen-bond donors (Lipinski definition) is 0. The lowest BCUT2D eigenvalue weighted by molar-refractivity contribution is -0.137. The van der Waals surface area contributed by atoms with Crippen LogP contribution in [-0.4, -0.2) is 63.3 Å². The molecule has 1 fully saturated rings. The molecule has 1 amide bonds. The van der Waals surface area contributed by atoms with Gasteiger partial charge in [-0.1, -0.05) is 24.3 Å². The van der Waals surface area contributed by atoms with E-state index in [-0.39, 0.29) is 18.6 Å². The number of rotatable bonds is 8. The first-order valence-corrected chi connectivity index (χ1v) is 8.21. The minimum absolute atomic E-state index is 0.0703. The van der Waals surface area contributed by atoms with E-state index in [1.54, 1.807) is 7.11 Å². The van der Waals surface area contributed by atoms with E-state index in [2.05, 4.69) is 43.3 Å². The Balaban J connectivity index is 1.93. The summed E-state index contributed by atoms with van der Waals surface area (Å²) in [5, 5.41) is 0. The van der Waals surface area contributed by atoms with Crippen LogP contribution >= 0.6 is 0 Å². The van der Waals surface area contributed by atoms with E-state index < -0.39 is 0 Å². The Morgan fingerprint density at radius 2 is 2.00 bits per heavy atom. The molecule has 1 aliphatic rings. The molecule has 23 heavy (non-hydrogen) atoms. The molecule has 0 bridgehead atoms. The van der Waals surface area contributed by atoms with Gasteiger partial charge in [0.25, 0.3) is 0 Å². The number of hydrogen-bond acceptors (Lipinski definition) is 4.